The summed E-state index contributed by atoms with van der Waals surface area (Å²) in [5.74, 6) is -0.574. The Balaban J connectivity index is 1.71. The molecule has 3 rings (SSSR count). The molecule has 0 aliphatic carbocycles. The average Bonchev–Trinajstić information content (AvgIpc) is 2.79. The quantitative estimate of drug-likeness (QED) is 0.440. The van der Waals surface area contributed by atoms with E-state index in [0.717, 1.165) is 23.3 Å². The number of benzene rings is 2. The number of ether oxygens (including phenoxy) is 1. The molecule has 0 saturated heterocycles. The first-order valence-electron chi connectivity index (χ1n) is 10.5. The van der Waals surface area contributed by atoms with Crippen LogP contribution in [0.2, 0.25) is 0 Å². The van der Waals surface area contributed by atoms with Crippen molar-refractivity contribution in [3.05, 3.63) is 71.0 Å². The van der Waals surface area contributed by atoms with E-state index in [1.165, 1.54) is 14.0 Å². The smallest absolute Gasteiger partial charge is 0.416 e. The van der Waals surface area contributed by atoms with Crippen molar-refractivity contribution >= 4 is 11.7 Å². The van der Waals surface area contributed by atoms with E-state index in [9.17, 15) is 22.4 Å². The summed E-state index contributed by atoms with van der Waals surface area (Å²) >= 11 is 0. The van der Waals surface area contributed by atoms with Gasteiger partial charge in [-0.15, -0.1) is 0 Å². The van der Waals surface area contributed by atoms with E-state index < -0.39 is 17.6 Å². The molecule has 1 amide bonds. The Labute approximate surface area is 194 Å². The van der Waals surface area contributed by atoms with Crippen molar-refractivity contribution in [2.24, 2.45) is 0 Å². The second-order valence-electron chi connectivity index (χ2n) is 7.54. The number of methoxy groups -OCH3 is 1. The second kappa shape index (κ2) is 11.0. The van der Waals surface area contributed by atoms with E-state index >= 15 is 0 Å². The number of hydrogen-bond donors (Lipinski definition) is 2. The molecule has 3 aromatic rings. The Morgan fingerprint density at radius 2 is 1.82 bits per heavy atom. The predicted molar refractivity (Wildman–Crippen MR) is 120 cm³/mol. The lowest BCUT2D eigenvalue weighted by atomic mass is 10.1. The van der Waals surface area contributed by atoms with Gasteiger partial charge in [-0.25, -0.2) is 4.39 Å². The van der Waals surface area contributed by atoms with E-state index in [0.29, 0.717) is 30.5 Å². The lowest BCUT2D eigenvalue weighted by Crippen LogP contribution is -2.22. The van der Waals surface area contributed by atoms with Gasteiger partial charge >= 0.3 is 12.2 Å². The maximum Gasteiger partial charge on any atom is 0.416 e. The number of rotatable bonds is 9. The van der Waals surface area contributed by atoms with Crippen LogP contribution < -0.4 is 15.4 Å². The molecule has 0 unspecified atom stereocenters. The van der Waals surface area contributed by atoms with Gasteiger partial charge in [0, 0.05) is 31.6 Å². The average molecular weight is 476 g/mol. The molecule has 2 aromatic carbocycles. The van der Waals surface area contributed by atoms with Crippen LogP contribution in [0.15, 0.2) is 48.5 Å². The maximum atomic E-state index is 14.1. The monoisotopic (exact) mass is 476 g/mol. The summed E-state index contributed by atoms with van der Waals surface area (Å²) in [7, 11) is 1.43. The number of hydrogen-bond acceptors (Lipinski definition) is 5. The molecule has 0 bridgehead atoms. The highest BCUT2D eigenvalue weighted by Gasteiger charge is 2.31. The number of aromatic nitrogens is 2. The van der Waals surface area contributed by atoms with Crippen LogP contribution in [0.5, 0.6) is 6.01 Å². The van der Waals surface area contributed by atoms with Crippen molar-refractivity contribution in [3.8, 4) is 17.3 Å². The van der Waals surface area contributed by atoms with Gasteiger partial charge in [-0.3, -0.25) is 4.79 Å². The Morgan fingerprint density at radius 3 is 2.50 bits per heavy atom. The van der Waals surface area contributed by atoms with Crippen molar-refractivity contribution in [1.82, 2.24) is 15.3 Å². The Hall–Kier alpha value is -3.69. The Morgan fingerprint density at radius 1 is 1.03 bits per heavy atom. The van der Waals surface area contributed by atoms with Crippen molar-refractivity contribution < 1.29 is 27.1 Å². The molecule has 1 heterocycles. The molecular formula is C24H24F4N4O2. The second-order valence-corrected chi connectivity index (χ2v) is 7.54. The number of alkyl halides is 3. The van der Waals surface area contributed by atoms with Crippen LogP contribution >= 0.6 is 0 Å². The lowest BCUT2D eigenvalue weighted by molar-refractivity contribution is -0.137. The highest BCUT2D eigenvalue weighted by molar-refractivity contribution is 5.72. The third kappa shape index (κ3) is 6.90. The summed E-state index contributed by atoms with van der Waals surface area (Å²) in [4.78, 5) is 19.7. The minimum atomic E-state index is -4.59. The van der Waals surface area contributed by atoms with Crippen LogP contribution in [-0.2, 0) is 23.8 Å². The van der Waals surface area contributed by atoms with Crippen LogP contribution in [0, 0.1) is 5.82 Å². The normalized spacial score (nSPS) is 11.2. The van der Waals surface area contributed by atoms with E-state index in [1.807, 2.05) is 24.3 Å². The first-order chi connectivity index (χ1) is 16.2. The first-order valence-corrected chi connectivity index (χ1v) is 10.5. The topological polar surface area (TPSA) is 76.1 Å². The maximum absolute atomic E-state index is 14.1. The van der Waals surface area contributed by atoms with Crippen LogP contribution in [-0.4, -0.2) is 36.1 Å². The molecule has 34 heavy (non-hydrogen) atoms. The molecule has 2 N–H and O–H groups in total. The minimum absolute atomic E-state index is 0.0939. The number of carbonyl (C=O) groups is 1. The molecule has 6 nitrogen and oxygen atoms in total. The molecule has 0 saturated carbocycles. The molecule has 180 valence electrons. The summed E-state index contributed by atoms with van der Waals surface area (Å²) in [6.07, 6.45) is -3.78. The van der Waals surface area contributed by atoms with Crippen LogP contribution in [0.1, 0.15) is 23.6 Å². The SMILES string of the molecule is COc1nc(NCCc2ccc(C(F)(F)F)cc2F)cc(-c2cccc(CCNC(C)=O)c2)n1. The first kappa shape index (κ1) is 24.9. The van der Waals surface area contributed by atoms with Gasteiger partial charge in [0.05, 0.1) is 18.4 Å². The highest BCUT2D eigenvalue weighted by Crippen LogP contribution is 2.30. The van der Waals surface area contributed by atoms with Crippen molar-refractivity contribution in [2.45, 2.75) is 25.9 Å². The predicted octanol–water partition coefficient (Wildman–Crippen LogP) is 4.64. The number of amides is 1. The Bertz CT molecular complexity index is 1150. The molecule has 0 aliphatic heterocycles. The molecule has 0 atom stereocenters. The minimum Gasteiger partial charge on any atom is -0.467 e. The molecule has 0 spiro atoms. The fourth-order valence-electron chi connectivity index (χ4n) is 3.28. The summed E-state index contributed by atoms with van der Waals surface area (Å²) in [6, 6.07) is 12.0. The van der Waals surface area contributed by atoms with Gasteiger partial charge in [-0.1, -0.05) is 24.3 Å². The molecule has 0 aliphatic rings. The van der Waals surface area contributed by atoms with Gasteiger partial charge < -0.3 is 15.4 Å². The zero-order valence-corrected chi connectivity index (χ0v) is 18.7. The summed E-state index contributed by atoms with van der Waals surface area (Å²) in [5, 5.41) is 5.80. The molecule has 10 heteroatoms. The van der Waals surface area contributed by atoms with E-state index in [1.54, 1.807) is 6.07 Å². The van der Waals surface area contributed by atoms with Gasteiger partial charge in [-0.05, 0) is 42.2 Å². The third-order valence-electron chi connectivity index (χ3n) is 4.98. The third-order valence-corrected chi connectivity index (χ3v) is 4.98. The number of nitrogens with one attached hydrogen (secondary N) is 2. The number of carbonyl (C=O) groups excluding carboxylic acids is 1. The van der Waals surface area contributed by atoms with E-state index in [-0.39, 0.29) is 30.4 Å². The number of anilines is 1. The van der Waals surface area contributed by atoms with Crippen LogP contribution in [0.25, 0.3) is 11.3 Å². The van der Waals surface area contributed by atoms with Gasteiger partial charge in [0.1, 0.15) is 11.6 Å². The van der Waals surface area contributed by atoms with Crippen molar-refractivity contribution in [3.63, 3.8) is 0 Å². The lowest BCUT2D eigenvalue weighted by Gasteiger charge is -2.12. The summed E-state index contributed by atoms with van der Waals surface area (Å²) < 4.78 is 57.4. The standard InChI is InChI=1S/C24H24F4N4O2/c1-15(33)29-10-8-16-4-3-5-18(12-16)21-14-22(32-23(31-21)34-2)30-11-9-17-6-7-19(13-20(17)25)24(26,27)28/h3-7,12-14H,8-11H2,1-2H3,(H,29,33)(H,30,31,32). The van der Waals surface area contributed by atoms with Crippen molar-refractivity contribution in [1.29, 1.82) is 0 Å². The van der Waals surface area contributed by atoms with Gasteiger partial charge in [-0.2, -0.15) is 23.1 Å². The molecule has 1 aromatic heterocycles. The fraction of sp³-hybridized carbons (Fsp3) is 0.292. The summed E-state index contributed by atoms with van der Waals surface area (Å²) in [5.41, 5.74) is 1.56. The molecule has 0 fully saturated rings. The number of nitrogens with zero attached hydrogens (tertiary/aromatic N) is 2. The van der Waals surface area contributed by atoms with E-state index in [4.69, 9.17) is 4.74 Å². The fourth-order valence-corrected chi connectivity index (χ4v) is 3.28. The van der Waals surface area contributed by atoms with Crippen LogP contribution in [0.3, 0.4) is 0 Å². The zero-order chi connectivity index (χ0) is 24.7. The van der Waals surface area contributed by atoms with Gasteiger partial charge in [0.15, 0.2) is 0 Å². The Kier molecular flexibility index (Phi) is 8.04. The van der Waals surface area contributed by atoms with E-state index in [2.05, 4.69) is 20.6 Å². The molecule has 0 radical (unpaired) electrons. The zero-order valence-electron chi connectivity index (χ0n) is 18.7. The van der Waals surface area contributed by atoms with Gasteiger partial charge in [0.2, 0.25) is 5.91 Å². The molecular weight excluding hydrogens is 452 g/mol. The largest absolute Gasteiger partial charge is 0.467 e. The number of halogens is 4. The van der Waals surface area contributed by atoms with Crippen molar-refractivity contribution in [2.75, 3.05) is 25.5 Å². The summed E-state index contributed by atoms with van der Waals surface area (Å²) in [6.45, 7) is 2.21. The van der Waals surface area contributed by atoms with Gasteiger partial charge in [0.25, 0.3) is 0 Å². The highest BCUT2D eigenvalue weighted by atomic mass is 19.4. The van der Waals surface area contributed by atoms with Crippen LogP contribution in [0.4, 0.5) is 23.4 Å².